The first-order valence-electron chi connectivity index (χ1n) is 6.47. The first-order valence-corrected chi connectivity index (χ1v) is 7.26. The maximum Gasteiger partial charge on any atom is 0.128 e. The van der Waals surface area contributed by atoms with Gasteiger partial charge in [-0.15, -0.1) is 0 Å². The molecule has 0 heterocycles. The Morgan fingerprint density at radius 1 is 1.33 bits per heavy atom. The third-order valence-electron chi connectivity index (χ3n) is 3.12. The summed E-state index contributed by atoms with van der Waals surface area (Å²) in [6, 6.07) is 5.42. The number of rotatable bonds is 7. The van der Waals surface area contributed by atoms with Gasteiger partial charge in [0.1, 0.15) is 5.82 Å². The predicted molar refractivity (Wildman–Crippen MR) is 78.2 cm³/mol. The van der Waals surface area contributed by atoms with E-state index in [1.807, 2.05) is 6.07 Å². The van der Waals surface area contributed by atoms with Crippen molar-refractivity contribution in [1.82, 2.24) is 10.2 Å². The van der Waals surface area contributed by atoms with Crippen molar-refractivity contribution in [3.8, 4) is 0 Å². The highest BCUT2D eigenvalue weighted by molar-refractivity contribution is 9.10. The van der Waals surface area contributed by atoms with E-state index in [0.29, 0.717) is 18.2 Å². The van der Waals surface area contributed by atoms with Crippen molar-refractivity contribution in [2.75, 3.05) is 19.6 Å². The van der Waals surface area contributed by atoms with E-state index in [4.69, 9.17) is 0 Å². The van der Waals surface area contributed by atoms with Crippen LogP contribution in [0.2, 0.25) is 0 Å². The average molecular weight is 317 g/mol. The second-order valence-electron chi connectivity index (χ2n) is 4.47. The number of nitrogens with one attached hydrogen (secondary N) is 1. The molecule has 2 nitrogen and oxygen atoms in total. The van der Waals surface area contributed by atoms with E-state index in [1.165, 1.54) is 6.07 Å². The number of nitrogens with zero attached hydrogens (tertiary/aromatic N) is 1. The molecule has 1 atom stereocenters. The lowest BCUT2D eigenvalue weighted by Gasteiger charge is -2.23. The molecule has 0 bridgehead atoms. The number of benzene rings is 1. The quantitative estimate of drug-likeness (QED) is 0.829. The Morgan fingerprint density at radius 3 is 2.56 bits per heavy atom. The van der Waals surface area contributed by atoms with Crippen molar-refractivity contribution in [3.05, 3.63) is 34.1 Å². The minimum absolute atomic E-state index is 0.160. The molecule has 0 saturated carbocycles. The number of likely N-dealkylation sites (N-methyl/N-ethyl adjacent to an activating group) is 1. The zero-order chi connectivity index (χ0) is 13.5. The van der Waals surface area contributed by atoms with Crippen LogP contribution in [0, 0.1) is 5.82 Å². The molecule has 18 heavy (non-hydrogen) atoms. The first-order chi connectivity index (χ1) is 8.58. The van der Waals surface area contributed by atoms with Gasteiger partial charge in [0.25, 0.3) is 0 Å². The molecule has 0 aromatic heterocycles. The van der Waals surface area contributed by atoms with Crippen LogP contribution in [0.1, 0.15) is 26.3 Å². The zero-order valence-corrected chi connectivity index (χ0v) is 12.9. The van der Waals surface area contributed by atoms with Crippen molar-refractivity contribution >= 4 is 15.9 Å². The van der Waals surface area contributed by atoms with Crippen LogP contribution in [-0.4, -0.2) is 30.6 Å². The van der Waals surface area contributed by atoms with Crippen molar-refractivity contribution < 1.29 is 4.39 Å². The van der Waals surface area contributed by atoms with Crippen LogP contribution >= 0.6 is 15.9 Å². The van der Waals surface area contributed by atoms with E-state index >= 15 is 0 Å². The Hall–Kier alpha value is -0.450. The van der Waals surface area contributed by atoms with Crippen LogP contribution in [0.4, 0.5) is 4.39 Å². The summed E-state index contributed by atoms with van der Waals surface area (Å²) in [6.45, 7) is 10.1. The highest BCUT2D eigenvalue weighted by Gasteiger charge is 2.10. The Labute approximate surface area is 118 Å². The molecular weight excluding hydrogens is 295 g/mol. The van der Waals surface area contributed by atoms with Crippen molar-refractivity contribution in [3.63, 3.8) is 0 Å². The molecular formula is C14H22BrFN2. The molecule has 0 saturated heterocycles. The maximum absolute atomic E-state index is 13.6. The Balaban J connectivity index is 2.49. The summed E-state index contributed by atoms with van der Waals surface area (Å²) in [5.41, 5.74) is 0.698. The van der Waals surface area contributed by atoms with E-state index < -0.39 is 0 Å². The van der Waals surface area contributed by atoms with Crippen LogP contribution in [0.25, 0.3) is 0 Å². The number of hydrogen-bond donors (Lipinski definition) is 1. The van der Waals surface area contributed by atoms with Gasteiger partial charge in [0, 0.05) is 29.2 Å². The molecule has 102 valence electrons. The fraction of sp³-hybridized carbons (Fsp3) is 0.571. The van der Waals surface area contributed by atoms with Crippen LogP contribution in [-0.2, 0) is 6.54 Å². The van der Waals surface area contributed by atoms with Crippen molar-refractivity contribution in [2.24, 2.45) is 0 Å². The SMILES string of the molecule is CCN(CC)CC(C)NCc1c(F)cccc1Br. The van der Waals surface area contributed by atoms with Gasteiger partial charge in [0.2, 0.25) is 0 Å². The summed E-state index contributed by atoms with van der Waals surface area (Å²) in [6.07, 6.45) is 0. The van der Waals surface area contributed by atoms with Crippen LogP contribution < -0.4 is 5.32 Å². The predicted octanol–water partition coefficient (Wildman–Crippen LogP) is 3.41. The van der Waals surface area contributed by atoms with Gasteiger partial charge >= 0.3 is 0 Å². The van der Waals surface area contributed by atoms with Gasteiger partial charge in [0.05, 0.1) is 0 Å². The van der Waals surface area contributed by atoms with Gasteiger partial charge in [-0.2, -0.15) is 0 Å². The standard InChI is InChI=1S/C14H22BrFN2/c1-4-18(5-2)10-11(3)17-9-12-13(15)7-6-8-14(12)16/h6-8,11,17H,4-5,9-10H2,1-3H3. The Kier molecular flexibility index (Phi) is 6.82. The van der Waals surface area contributed by atoms with E-state index in [9.17, 15) is 4.39 Å². The van der Waals surface area contributed by atoms with E-state index in [1.54, 1.807) is 6.07 Å². The summed E-state index contributed by atoms with van der Waals surface area (Å²) in [5.74, 6) is -0.160. The summed E-state index contributed by atoms with van der Waals surface area (Å²) >= 11 is 3.38. The minimum atomic E-state index is -0.160. The Bertz CT molecular complexity index is 347. The molecule has 0 radical (unpaired) electrons. The highest BCUT2D eigenvalue weighted by Crippen LogP contribution is 2.19. The molecule has 0 aliphatic rings. The first kappa shape index (κ1) is 15.6. The summed E-state index contributed by atoms with van der Waals surface area (Å²) in [5, 5.41) is 3.37. The van der Waals surface area contributed by atoms with Crippen molar-refractivity contribution in [2.45, 2.75) is 33.4 Å². The van der Waals surface area contributed by atoms with Crippen LogP contribution in [0.3, 0.4) is 0 Å². The molecule has 0 aliphatic carbocycles. The van der Waals surface area contributed by atoms with E-state index in [-0.39, 0.29) is 5.82 Å². The van der Waals surface area contributed by atoms with Gasteiger partial charge in [-0.3, -0.25) is 0 Å². The van der Waals surface area contributed by atoms with Gasteiger partial charge in [-0.25, -0.2) is 4.39 Å². The molecule has 0 spiro atoms. The smallest absolute Gasteiger partial charge is 0.128 e. The third kappa shape index (κ3) is 4.67. The summed E-state index contributed by atoms with van der Waals surface area (Å²) in [4.78, 5) is 2.36. The van der Waals surface area contributed by atoms with Gasteiger partial charge in [-0.1, -0.05) is 35.8 Å². The molecule has 4 heteroatoms. The summed E-state index contributed by atoms with van der Waals surface area (Å²) < 4.78 is 14.4. The normalized spacial score (nSPS) is 13.0. The lowest BCUT2D eigenvalue weighted by atomic mass is 10.2. The highest BCUT2D eigenvalue weighted by atomic mass is 79.9. The molecule has 1 rings (SSSR count). The average Bonchev–Trinajstić information content (AvgIpc) is 2.35. The fourth-order valence-electron chi connectivity index (χ4n) is 1.91. The second kappa shape index (κ2) is 7.87. The molecule has 0 aliphatic heterocycles. The Morgan fingerprint density at radius 2 is 2.00 bits per heavy atom. The third-order valence-corrected chi connectivity index (χ3v) is 3.86. The van der Waals surface area contributed by atoms with Crippen molar-refractivity contribution in [1.29, 1.82) is 0 Å². The molecule has 1 unspecified atom stereocenters. The van der Waals surface area contributed by atoms with E-state index in [0.717, 1.165) is 24.1 Å². The summed E-state index contributed by atoms with van der Waals surface area (Å²) in [7, 11) is 0. The maximum atomic E-state index is 13.6. The van der Waals surface area contributed by atoms with Gasteiger partial charge in [0.15, 0.2) is 0 Å². The molecule has 0 fully saturated rings. The molecule has 0 amide bonds. The second-order valence-corrected chi connectivity index (χ2v) is 5.32. The van der Waals surface area contributed by atoms with E-state index in [2.05, 4.69) is 46.9 Å². The molecule has 1 aromatic carbocycles. The largest absolute Gasteiger partial charge is 0.309 e. The van der Waals surface area contributed by atoms with Crippen LogP contribution in [0.15, 0.2) is 22.7 Å². The monoisotopic (exact) mass is 316 g/mol. The molecule has 1 aromatic rings. The van der Waals surface area contributed by atoms with Gasteiger partial charge < -0.3 is 10.2 Å². The zero-order valence-electron chi connectivity index (χ0n) is 11.3. The fourth-order valence-corrected chi connectivity index (χ4v) is 2.39. The number of halogens is 2. The molecule has 1 N–H and O–H groups in total. The topological polar surface area (TPSA) is 15.3 Å². The lowest BCUT2D eigenvalue weighted by molar-refractivity contribution is 0.270. The van der Waals surface area contributed by atoms with Crippen LogP contribution in [0.5, 0.6) is 0 Å². The minimum Gasteiger partial charge on any atom is -0.309 e. The van der Waals surface area contributed by atoms with Gasteiger partial charge in [-0.05, 0) is 32.1 Å². The number of hydrogen-bond acceptors (Lipinski definition) is 2. The lowest BCUT2D eigenvalue weighted by Crippen LogP contribution is -2.38.